The molecule has 0 amide bonds. The normalized spacial score (nSPS) is 10.7. The Hall–Kier alpha value is -3.07. The van der Waals surface area contributed by atoms with E-state index in [9.17, 15) is 14.5 Å². The number of hydrogen-bond acceptors (Lipinski definition) is 6. The maximum atomic E-state index is 13.3. The second-order valence-corrected chi connectivity index (χ2v) is 7.81. The second-order valence-electron chi connectivity index (χ2n) is 7.00. The maximum absolute atomic E-state index is 13.3. The largest absolute Gasteiger partial charge is 0.493 e. The van der Waals surface area contributed by atoms with Crippen LogP contribution in [0.2, 0.25) is 10.0 Å². The molecule has 3 rings (SSSR count). The molecule has 174 valence electrons. The predicted molar refractivity (Wildman–Crippen MR) is 127 cm³/mol. The number of nitro benzene ring substituents is 1. The molecule has 0 spiro atoms. The van der Waals surface area contributed by atoms with E-state index in [0.29, 0.717) is 47.4 Å². The first-order valence-electron chi connectivity index (χ1n) is 10.00. The number of para-hydroxylation sites is 1. The van der Waals surface area contributed by atoms with Crippen molar-refractivity contribution in [3.63, 3.8) is 0 Å². The van der Waals surface area contributed by atoms with E-state index >= 15 is 0 Å². The minimum absolute atomic E-state index is 0.0591. The molecule has 0 aliphatic rings. The van der Waals surface area contributed by atoms with Crippen molar-refractivity contribution < 1.29 is 18.8 Å². The molecular formula is C23H22Cl2FN3O4. The van der Waals surface area contributed by atoms with Gasteiger partial charge < -0.3 is 20.1 Å². The molecule has 7 nitrogen and oxygen atoms in total. The van der Waals surface area contributed by atoms with E-state index in [4.69, 9.17) is 32.7 Å². The highest BCUT2D eigenvalue weighted by Crippen LogP contribution is 2.32. The van der Waals surface area contributed by atoms with Gasteiger partial charge in [-0.25, -0.2) is 4.39 Å². The number of nitrogens with zero attached hydrogens (tertiary/aromatic N) is 1. The molecule has 2 N–H and O–H groups in total. The summed E-state index contributed by atoms with van der Waals surface area (Å²) in [7, 11) is 1.56. The molecule has 3 aromatic carbocycles. The quantitative estimate of drug-likeness (QED) is 0.198. The molecule has 0 heterocycles. The van der Waals surface area contributed by atoms with Crippen LogP contribution in [-0.2, 0) is 13.2 Å². The number of rotatable bonds is 11. The lowest BCUT2D eigenvalue weighted by molar-refractivity contribution is -0.384. The van der Waals surface area contributed by atoms with Crippen LogP contribution in [0.15, 0.2) is 54.6 Å². The maximum Gasteiger partial charge on any atom is 0.271 e. The van der Waals surface area contributed by atoms with Crippen LogP contribution in [-0.4, -0.2) is 25.1 Å². The van der Waals surface area contributed by atoms with Gasteiger partial charge in [0.05, 0.1) is 27.8 Å². The Morgan fingerprint density at radius 2 is 1.85 bits per heavy atom. The van der Waals surface area contributed by atoms with Gasteiger partial charge in [0.15, 0.2) is 11.5 Å². The number of anilines is 1. The van der Waals surface area contributed by atoms with Crippen LogP contribution in [0.4, 0.5) is 15.8 Å². The van der Waals surface area contributed by atoms with E-state index in [2.05, 4.69) is 10.6 Å². The minimum atomic E-state index is -0.491. The van der Waals surface area contributed by atoms with Gasteiger partial charge >= 0.3 is 0 Å². The number of ether oxygens (including phenoxy) is 2. The SMILES string of the molecule is COc1cccc(CNCCNc2ccc([N+](=O)[O-])cc2Cl)c1OCc1ccc(F)cc1Cl. The van der Waals surface area contributed by atoms with Crippen molar-refractivity contribution in [1.29, 1.82) is 0 Å². The third kappa shape index (κ3) is 6.71. The van der Waals surface area contributed by atoms with Gasteiger partial charge in [-0.3, -0.25) is 10.1 Å². The molecule has 3 aromatic rings. The minimum Gasteiger partial charge on any atom is -0.493 e. The molecule has 0 atom stereocenters. The number of non-ortho nitro benzene ring substituents is 1. The molecular weight excluding hydrogens is 472 g/mol. The Morgan fingerprint density at radius 3 is 2.55 bits per heavy atom. The van der Waals surface area contributed by atoms with Crippen LogP contribution in [0.5, 0.6) is 11.5 Å². The van der Waals surface area contributed by atoms with Crippen LogP contribution in [0.1, 0.15) is 11.1 Å². The van der Waals surface area contributed by atoms with Gasteiger partial charge in [-0.15, -0.1) is 0 Å². The van der Waals surface area contributed by atoms with Crippen molar-refractivity contribution in [2.45, 2.75) is 13.2 Å². The first kappa shape index (κ1) is 24.6. The average Bonchev–Trinajstić information content (AvgIpc) is 2.79. The summed E-state index contributed by atoms with van der Waals surface area (Å²) in [6.45, 7) is 1.79. The zero-order valence-electron chi connectivity index (χ0n) is 17.7. The van der Waals surface area contributed by atoms with Gasteiger partial charge in [-0.1, -0.05) is 41.4 Å². The summed E-state index contributed by atoms with van der Waals surface area (Å²) in [5, 5.41) is 17.8. The Kier molecular flexibility index (Phi) is 8.71. The molecule has 0 unspecified atom stereocenters. The lowest BCUT2D eigenvalue weighted by atomic mass is 10.1. The summed E-state index contributed by atoms with van der Waals surface area (Å²) >= 11 is 12.2. The number of nitro groups is 1. The van der Waals surface area contributed by atoms with E-state index in [1.807, 2.05) is 12.1 Å². The number of hydrogen-bond donors (Lipinski definition) is 2. The molecule has 0 saturated carbocycles. The first-order valence-corrected chi connectivity index (χ1v) is 10.8. The van der Waals surface area contributed by atoms with Crippen molar-refractivity contribution in [1.82, 2.24) is 5.32 Å². The average molecular weight is 494 g/mol. The first-order chi connectivity index (χ1) is 15.9. The van der Waals surface area contributed by atoms with E-state index in [1.165, 1.54) is 24.3 Å². The van der Waals surface area contributed by atoms with E-state index in [0.717, 1.165) is 5.56 Å². The van der Waals surface area contributed by atoms with Crippen molar-refractivity contribution >= 4 is 34.6 Å². The molecule has 0 aromatic heterocycles. The lowest BCUT2D eigenvalue weighted by Gasteiger charge is -2.16. The summed E-state index contributed by atoms with van der Waals surface area (Å²) in [4.78, 5) is 10.3. The molecule has 0 aliphatic carbocycles. The van der Waals surface area contributed by atoms with Gasteiger partial charge in [-0.2, -0.15) is 0 Å². The zero-order chi connectivity index (χ0) is 23.8. The van der Waals surface area contributed by atoms with Crippen molar-refractivity contribution in [3.05, 3.63) is 91.7 Å². The summed E-state index contributed by atoms with van der Waals surface area (Å²) in [5.74, 6) is 0.733. The van der Waals surface area contributed by atoms with Crippen LogP contribution < -0.4 is 20.1 Å². The topological polar surface area (TPSA) is 85.7 Å². The summed E-state index contributed by atoms with van der Waals surface area (Å²) in [6.07, 6.45) is 0. The molecule has 0 bridgehead atoms. The number of halogens is 3. The predicted octanol–water partition coefficient (Wildman–Crippen LogP) is 5.83. The standard InChI is InChI=1S/C23H22Cl2FN3O4/c1-32-22-4-2-3-15(23(22)33-14-16-5-6-17(26)11-19(16)24)13-27-9-10-28-21-8-7-18(29(30)31)12-20(21)25/h2-8,11-12,27-28H,9-10,13-14H2,1H3. The third-order valence-electron chi connectivity index (χ3n) is 4.76. The van der Waals surface area contributed by atoms with Gasteiger partial charge in [0.25, 0.3) is 5.69 Å². The molecule has 33 heavy (non-hydrogen) atoms. The van der Waals surface area contributed by atoms with E-state index in [-0.39, 0.29) is 17.3 Å². The smallest absolute Gasteiger partial charge is 0.271 e. The fraction of sp³-hybridized carbons (Fsp3) is 0.217. The highest BCUT2D eigenvalue weighted by molar-refractivity contribution is 6.33. The van der Waals surface area contributed by atoms with E-state index in [1.54, 1.807) is 25.3 Å². The Morgan fingerprint density at radius 1 is 1.03 bits per heavy atom. The fourth-order valence-electron chi connectivity index (χ4n) is 3.08. The summed E-state index contributed by atoms with van der Waals surface area (Å²) in [5.41, 5.74) is 2.09. The molecule has 0 aliphatic heterocycles. The van der Waals surface area contributed by atoms with E-state index < -0.39 is 10.7 Å². The summed E-state index contributed by atoms with van der Waals surface area (Å²) in [6, 6.07) is 14.0. The van der Waals surface area contributed by atoms with Gasteiger partial charge in [0.2, 0.25) is 0 Å². The van der Waals surface area contributed by atoms with Crippen molar-refractivity contribution in [3.8, 4) is 11.5 Å². The van der Waals surface area contributed by atoms with Gasteiger partial charge in [-0.05, 0) is 24.3 Å². The summed E-state index contributed by atoms with van der Waals surface area (Å²) < 4.78 is 24.7. The van der Waals surface area contributed by atoms with Crippen LogP contribution in [0.3, 0.4) is 0 Å². The number of nitrogens with one attached hydrogen (secondary N) is 2. The highest BCUT2D eigenvalue weighted by Gasteiger charge is 2.13. The number of methoxy groups -OCH3 is 1. The second kappa shape index (κ2) is 11.7. The monoisotopic (exact) mass is 493 g/mol. The lowest BCUT2D eigenvalue weighted by Crippen LogP contribution is -2.22. The highest BCUT2D eigenvalue weighted by atomic mass is 35.5. The Bertz CT molecular complexity index is 1130. The van der Waals surface area contributed by atoms with Crippen LogP contribution >= 0.6 is 23.2 Å². The Balaban J connectivity index is 1.57. The zero-order valence-corrected chi connectivity index (χ0v) is 19.3. The van der Waals surface area contributed by atoms with Gasteiger partial charge in [0.1, 0.15) is 12.4 Å². The third-order valence-corrected chi connectivity index (χ3v) is 5.43. The van der Waals surface area contributed by atoms with Crippen molar-refractivity contribution in [2.24, 2.45) is 0 Å². The van der Waals surface area contributed by atoms with Crippen molar-refractivity contribution in [2.75, 3.05) is 25.5 Å². The molecule has 0 radical (unpaired) electrons. The van der Waals surface area contributed by atoms with Crippen LogP contribution in [0, 0.1) is 15.9 Å². The fourth-order valence-corrected chi connectivity index (χ4v) is 3.55. The number of benzene rings is 3. The van der Waals surface area contributed by atoms with Crippen LogP contribution in [0.25, 0.3) is 0 Å². The molecule has 0 saturated heterocycles. The Labute approximate surface area is 200 Å². The molecule has 10 heteroatoms. The van der Waals surface area contributed by atoms with Gasteiger partial charge in [0, 0.05) is 42.9 Å². The molecule has 0 fully saturated rings.